The van der Waals surface area contributed by atoms with E-state index in [4.69, 9.17) is 0 Å². The van der Waals surface area contributed by atoms with Crippen molar-refractivity contribution in [1.82, 2.24) is 4.90 Å². The van der Waals surface area contributed by atoms with Gasteiger partial charge in [0.1, 0.15) is 0 Å². The van der Waals surface area contributed by atoms with Crippen LogP contribution in [0.4, 0.5) is 0 Å². The molecule has 84 valence electrons. The molecule has 3 nitrogen and oxygen atoms in total. The van der Waals surface area contributed by atoms with Crippen LogP contribution in [0, 0.1) is 5.41 Å². The van der Waals surface area contributed by atoms with Crippen LogP contribution < -0.4 is 0 Å². The van der Waals surface area contributed by atoms with Crippen LogP contribution >= 0.6 is 0 Å². The lowest BCUT2D eigenvalue weighted by Crippen LogP contribution is -2.40. The molecule has 0 amide bonds. The average Bonchev–Trinajstić information content (AvgIpc) is 2.11. The minimum Gasteiger partial charge on any atom is -0.481 e. The maximum atomic E-state index is 11.3. The summed E-state index contributed by atoms with van der Waals surface area (Å²) in [5.41, 5.74) is -0.542. The molecule has 0 rings (SSSR count). The van der Waals surface area contributed by atoms with E-state index in [1.807, 2.05) is 25.9 Å². The Kier molecular flexibility index (Phi) is 5.77. The molecule has 0 aromatic heterocycles. The number of carbonyl (C=O) groups is 1. The Bertz CT molecular complexity index is 180. The summed E-state index contributed by atoms with van der Waals surface area (Å²) in [5.74, 6) is -0.651. The van der Waals surface area contributed by atoms with Gasteiger partial charge in [-0.25, -0.2) is 0 Å². The summed E-state index contributed by atoms with van der Waals surface area (Å²) in [7, 11) is 3.86. The fourth-order valence-electron chi connectivity index (χ4n) is 1.81. The molecule has 0 heterocycles. The van der Waals surface area contributed by atoms with Crippen molar-refractivity contribution < 1.29 is 9.90 Å². The molecule has 0 aliphatic rings. The van der Waals surface area contributed by atoms with Crippen molar-refractivity contribution in [3.63, 3.8) is 0 Å². The third-order valence-corrected chi connectivity index (χ3v) is 2.76. The van der Waals surface area contributed by atoms with E-state index in [1.54, 1.807) is 0 Å². The first-order chi connectivity index (χ1) is 6.48. The number of nitrogens with zero attached hydrogens (tertiary/aromatic N) is 1. The van der Waals surface area contributed by atoms with Gasteiger partial charge in [0, 0.05) is 6.54 Å². The highest BCUT2D eigenvalue weighted by Crippen LogP contribution is 2.29. The zero-order valence-corrected chi connectivity index (χ0v) is 9.84. The minimum atomic E-state index is -0.651. The van der Waals surface area contributed by atoms with Crippen LogP contribution in [0.15, 0.2) is 0 Å². The fourth-order valence-corrected chi connectivity index (χ4v) is 1.81. The molecule has 1 unspecified atom stereocenters. The summed E-state index contributed by atoms with van der Waals surface area (Å²) in [6.45, 7) is 4.70. The van der Waals surface area contributed by atoms with Crippen molar-refractivity contribution in [3.05, 3.63) is 0 Å². The molecule has 0 radical (unpaired) electrons. The van der Waals surface area contributed by atoms with E-state index in [0.717, 1.165) is 19.3 Å². The smallest absolute Gasteiger partial charge is 0.310 e. The molecular formula is C11H23NO2. The molecule has 0 aliphatic carbocycles. The van der Waals surface area contributed by atoms with Crippen molar-refractivity contribution in [2.45, 2.75) is 39.5 Å². The summed E-state index contributed by atoms with van der Waals surface area (Å²) >= 11 is 0. The van der Waals surface area contributed by atoms with Crippen LogP contribution in [-0.4, -0.2) is 36.6 Å². The molecule has 3 heteroatoms. The second-order valence-electron chi connectivity index (χ2n) is 4.28. The number of carboxylic acids is 1. The maximum absolute atomic E-state index is 11.3. The number of carboxylic acid groups (broad SMARTS) is 1. The molecule has 0 spiro atoms. The number of rotatable bonds is 7. The monoisotopic (exact) mass is 201 g/mol. The SMILES string of the molecule is CCCCC(CC)(CN(C)C)C(=O)O. The van der Waals surface area contributed by atoms with Gasteiger partial charge in [-0.3, -0.25) is 4.79 Å². The number of hydrogen-bond acceptors (Lipinski definition) is 2. The van der Waals surface area contributed by atoms with E-state index in [9.17, 15) is 9.90 Å². The van der Waals surface area contributed by atoms with Crippen LogP contribution in [0.2, 0.25) is 0 Å². The van der Waals surface area contributed by atoms with Gasteiger partial charge >= 0.3 is 5.97 Å². The Morgan fingerprint density at radius 2 is 1.93 bits per heavy atom. The van der Waals surface area contributed by atoms with Crippen LogP contribution in [0.3, 0.4) is 0 Å². The molecular weight excluding hydrogens is 178 g/mol. The van der Waals surface area contributed by atoms with E-state index >= 15 is 0 Å². The Morgan fingerprint density at radius 1 is 1.36 bits per heavy atom. The van der Waals surface area contributed by atoms with E-state index in [-0.39, 0.29) is 0 Å². The largest absolute Gasteiger partial charge is 0.481 e. The summed E-state index contributed by atoms with van der Waals surface area (Å²) in [5, 5.41) is 9.27. The molecule has 0 saturated carbocycles. The standard InChI is InChI=1S/C11H23NO2/c1-5-7-8-11(6-2,10(13)14)9-12(3)4/h5-9H2,1-4H3,(H,13,14). The van der Waals surface area contributed by atoms with Crippen molar-refractivity contribution in [3.8, 4) is 0 Å². The molecule has 0 aromatic rings. The van der Waals surface area contributed by atoms with Gasteiger partial charge < -0.3 is 10.0 Å². The Morgan fingerprint density at radius 3 is 2.21 bits per heavy atom. The predicted molar refractivity (Wildman–Crippen MR) is 58.4 cm³/mol. The Labute approximate surface area is 87.1 Å². The molecule has 0 bridgehead atoms. The van der Waals surface area contributed by atoms with Crippen molar-refractivity contribution in [1.29, 1.82) is 0 Å². The third kappa shape index (κ3) is 3.66. The van der Waals surface area contributed by atoms with Gasteiger partial charge in [0.05, 0.1) is 5.41 Å². The van der Waals surface area contributed by atoms with Crippen LogP contribution in [0.5, 0.6) is 0 Å². The van der Waals surface area contributed by atoms with Crippen LogP contribution in [0.25, 0.3) is 0 Å². The zero-order chi connectivity index (χ0) is 11.2. The highest BCUT2D eigenvalue weighted by Gasteiger charge is 2.36. The highest BCUT2D eigenvalue weighted by molar-refractivity contribution is 5.74. The topological polar surface area (TPSA) is 40.5 Å². The third-order valence-electron chi connectivity index (χ3n) is 2.76. The van der Waals surface area contributed by atoms with Gasteiger partial charge in [0.25, 0.3) is 0 Å². The lowest BCUT2D eigenvalue weighted by Gasteiger charge is -2.31. The van der Waals surface area contributed by atoms with Crippen molar-refractivity contribution >= 4 is 5.97 Å². The molecule has 1 atom stereocenters. The first-order valence-electron chi connectivity index (χ1n) is 5.36. The van der Waals surface area contributed by atoms with Gasteiger partial charge in [-0.05, 0) is 26.9 Å². The molecule has 1 N–H and O–H groups in total. The van der Waals surface area contributed by atoms with E-state index in [2.05, 4.69) is 6.92 Å². The quantitative estimate of drug-likeness (QED) is 0.686. The maximum Gasteiger partial charge on any atom is 0.310 e. The number of aliphatic carboxylic acids is 1. The fraction of sp³-hybridized carbons (Fsp3) is 0.909. The highest BCUT2D eigenvalue weighted by atomic mass is 16.4. The number of hydrogen-bond donors (Lipinski definition) is 1. The molecule has 0 saturated heterocycles. The second kappa shape index (κ2) is 6.02. The van der Waals surface area contributed by atoms with Gasteiger partial charge in [0.2, 0.25) is 0 Å². The van der Waals surface area contributed by atoms with Gasteiger partial charge in [-0.2, -0.15) is 0 Å². The summed E-state index contributed by atoms with van der Waals surface area (Å²) in [6.07, 6.45) is 3.55. The van der Waals surface area contributed by atoms with Gasteiger partial charge in [-0.1, -0.05) is 26.7 Å². The Balaban J connectivity index is 4.51. The number of unbranched alkanes of at least 4 members (excludes halogenated alkanes) is 1. The lowest BCUT2D eigenvalue weighted by molar-refractivity contribution is -0.150. The van der Waals surface area contributed by atoms with E-state index < -0.39 is 11.4 Å². The zero-order valence-electron chi connectivity index (χ0n) is 9.84. The first kappa shape index (κ1) is 13.4. The van der Waals surface area contributed by atoms with E-state index in [1.165, 1.54) is 0 Å². The average molecular weight is 201 g/mol. The lowest BCUT2D eigenvalue weighted by atomic mass is 9.80. The van der Waals surface area contributed by atoms with Gasteiger partial charge in [0.15, 0.2) is 0 Å². The van der Waals surface area contributed by atoms with Crippen molar-refractivity contribution in [2.24, 2.45) is 5.41 Å². The van der Waals surface area contributed by atoms with Crippen molar-refractivity contribution in [2.75, 3.05) is 20.6 Å². The molecule has 0 aromatic carbocycles. The van der Waals surface area contributed by atoms with Crippen LogP contribution in [0.1, 0.15) is 39.5 Å². The molecule has 0 aliphatic heterocycles. The summed E-state index contributed by atoms with van der Waals surface area (Å²) in [4.78, 5) is 13.2. The second-order valence-corrected chi connectivity index (χ2v) is 4.28. The summed E-state index contributed by atoms with van der Waals surface area (Å²) in [6, 6.07) is 0. The molecule has 14 heavy (non-hydrogen) atoms. The Hall–Kier alpha value is -0.570. The first-order valence-corrected chi connectivity index (χ1v) is 5.36. The summed E-state index contributed by atoms with van der Waals surface area (Å²) < 4.78 is 0. The normalized spacial score (nSPS) is 15.5. The van der Waals surface area contributed by atoms with Crippen LogP contribution in [-0.2, 0) is 4.79 Å². The predicted octanol–water partition coefficient (Wildman–Crippen LogP) is 2.22. The minimum absolute atomic E-state index is 0.542. The molecule has 0 fully saturated rings. The van der Waals surface area contributed by atoms with E-state index in [0.29, 0.717) is 13.0 Å². The van der Waals surface area contributed by atoms with Gasteiger partial charge in [-0.15, -0.1) is 0 Å².